The van der Waals surface area contributed by atoms with Crippen molar-refractivity contribution in [1.82, 2.24) is 0 Å². The van der Waals surface area contributed by atoms with Gasteiger partial charge < -0.3 is 5.32 Å². The number of benzene rings is 2. The van der Waals surface area contributed by atoms with Gasteiger partial charge in [0.15, 0.2) is 0 Å². The van der Waals surface area contributed by atoms with Crippen molar-refractivity contribution in [2.24, 2.45) is 0 Å². The Bertz CT molecular complexity index is 607. The maximum Gasteiger partial charge on any atom is 0.256 e. The molecule has 2 aromatic rings. The van der Waals surface area contributed by atoms with Crippen molar-refractivity contribution in [2.75, 3.05) is 5.32 Å². The molecule has 0 aliphatic heterocycles. The van der Waals surface area contributed by atoms with Gasteiger partial charge in [0.05, 0.1) is 5.56 Å². The van der Waals surface area contributed by atoms with Gasteiger partial charge >= 0.3 is 0 Å². The van der Waals surface area contributed by atoms with Crippen molar-refractivity contribution >= 4 is 34.2 Å². The molecule has 2 nitrogen and oxygen atoms in total. The molecule has 2 aromatic carbocycles. The van der Waals surface area contributed by atoms with Gasteiger partial charge in [0, 0.05) is 9.26 Å². The number of amides is 1. The summed E-state index contributed by atoms with van der Waals surface area (Å²) in [6.45, 7) is 4.11. The quantitative estimate of drug-likeness (QED) is 0.802. The summed E-state index contributed by atoms with van der Waals surface area (Å²) in [5.74, 6) is -0.0472. The smallest absolute Gasteiger partial charge is 0.256 e. The molecule has 0 atom stereocenters. The van der Waals surface area contributed by atoms with Crippen LogP contribution in [0.3, 0.4) is 0 Å². The Kier molecular flexibility index (Phi) is 4.58. The minimum absolute atomic E-state index is 0.0472. The van der Waals surface area contributed by atoms with Gasteiger partial charge in [-0.1, -0.05) is 37.3 Å². The first-order valence-corrected chi connectivity index (χ1v) is 7.35. The summed E-state index contributed by atoms with van der Waals surface area (Å²) in [6, 6.07) is 13.7. The van der Waals surface area contributed by atoms with Gasteiger partial charge in [0.2, 0.25) is 0 Å². The second-order valence-electron chi connectivity index (χ2n) is 4.40. The van der Waals surface area contributed by atoms with E-state index < -0.39 is 0 Å². The largest absolute Gasteiger partial charge is 0.321 e. The molecule has 0 saturated heterocycles. The molecule has 0 aromatic heterocycles. The van der Waals surface area contributed by atoms with E-state index in [0.29, 0.717) is 5.56 Å². The Morgan fingerprint density at radius 1 is 1.16 bits per heavy atom. The molecule has 0 bridgehead atoms. The summed E-state index contributed by atoms with van der Waals surface area (Å²) in [5.41, 5.74) is 3.92. The molecule has 2 rings (SSSR count). The van der Waals surface area contributed by atoms with Gasteiger partial charge in [-0.3, -0.25) is 4.79 Å². The summed E-state index contributed by atoms with van der Waals surface area (Å²) in [7, 11) is 0. The monoisotopic (exact) mass is 365 g/mol. The summed E-state index contributed by atoms with van der Waals surface area (Å²) >= 11 is 2.18. The van der Waals surface area contributed by atoms with Crippen LogP contribution in [0.4, 0.5) is 5.69 Å². The van der Waals surface area contributed by atoms with Crippen LogP contribution in [-0.2, 0) is 6.42 Å². The van der Waals surface area contributed by atoms with E-state index in [9.17, 15) is 4.79 Å². The van der Waals surface area contributed by atoms with Crippen LogP contribution in [0.1, 0.15) is 28.4 Å². The molecule has 98 valence electrons. The van der Waals surface area contributed by atoms with Crippen molar-refractivity contribution in [3.05, 3.63) is 62.7 Å². The van der Waals surface area contributed by atoms with Gasteiger partial charge in [-0.25, -0.2) is 0 Å². The highest BCUT2D eigenvalue weighted by Crippen LogP contribution is 2.22. The number of carbonyl (C=O) groups excluding carboxylic acids is 1. The van der Waals surface area contributed by atoms with E-state index >= 15 is 0 Å². The molecule has 0 aliphatic rings. The van der Waals surface area contributed by atoms with Crippen LogP contribution in [0, 0.1) is 10.5 Å². The first-order chi connectivity index (χ1) is 9.13. The van der Waals surface area contributed by atoms with Gasteiger partial charge in [-0.05, 0) is 59.2 Å². The van der Waals surface area contributed by atoms with Crippen LogP contribution in [0.15, 0.2) is 42.5 Å². The molecule has 3 heteroatoms. The summed E-state index contributed by atoms with van der Waals surface area (Å²) < 4.78 is 0.962. The normalized spacial score (nSPS) is 10.3. The number of rotatable bonds is 3. The number of carbonyl (C=O) groups is 1. The Morgan fingerprint density at radius 3 is 2.58 bits per heavy atom. The molecule has 0 radical (unpaired) electrons. The minimum atomic E-state index is -0.0472. The predicted molar refractivity (Wildman–Crippen MR) is 87.7 cm³/mol. The number of para-hydroxylation sites is 1. The SMILES string of the molecule is CCc1cccc(C)c1NC(=O)c1ccccc1I. The molecule has 19 heavy (non-hydrogen) atoms. The Hall–Kier alpha value is -1.36. The fourth-order valence-corrected chi connectivity index (χ4v) is 2.66. The van der Waals surface area contributed by atoms with Crippen molar-refractivity contribution in [2.45, 2.75) is 20.3 Å². The number of nitrogens with one attached hydrogen (secondary N) is 1. The van der Waals surface area contributed by atoms with Crippen molar-refractivity contribution in [3.63, 3.8) is 0 Å². The molecule has 0 unspecified atom stereocenters. The number of aryl methyl sites for hydroxylation is 2. The third-order valence-corrected chi connectivity index (χ3v) is 4.04. The third-order valence-electron chi connectivity index (χ3n) is 3.10. The molecular formula is C16H16INO. The standard InChI is InChI=1S/C16H16INO/c1-3-12-8-6-7-11(2)15(12)18-16(19)13-9-4-5-10-14(13)17/h4-10H,3H2,1-2H3,(H,18,19). The van der Waals surface area contributed by atoms with Crippen molar-refractivity contribution in [1.29, 1.82) is 0 Å². The number of hydrogen-bond acceptors (Lipinski definition) is 1. The lowest BCUT2D eigenvalue weighted by Gasteiger charge is -2.13. The maximum absolute atomic E-state index is 12.3. The van der Waals surface area contributed by atoms with Crippen molar-refractivity contribution < 1.29 is 4.79 Å². The zero-order valence-electron chi connectivity index (χ0n) is 11.0. The van der Waals surface area contributed by atoms with Gasteiger partial charge in [0.25, 0.3) is 5.91 Å². The first kappa shape index (κ1) is 14.1. The van der Waals surface area contributed by atoms with Gasteiger partial charge in [0.1, 0.15) is 0 Å². The number of hydrogen-bond donors (Lipinski definition) is 1. The summed E-state index contributed by atoms with van der Waals surface area (Å²) in [5, 5.41) is 3.04. The molecule has 0 aliphatic carbocycles. The highest BCUT2D eigenvalue weighted by molar-refractivity contribution is 14.1. The molecular weight excluding hydrogens is 349 g/mol. The molecule has 0 spiro atoms. The lowest BCUT2D eigenvalue weighted by Crippen LogP contribution is -2.15. The van der Waals surface area contributed by atoms with E-state index in [1.165, 1.54) is 5.56 Å². The van der Waals surface area contributed by atoms with E-state index in [1.807, 2.05) is 43.3 Å². The van der Waals surface area contributed by atoms with E-state index in [2.05, 4.69) is 40.9 Å². The summed E-state index contributed by atoms with van der Waals surface area (Å²) in [6.07, 6.45) is 0.906. The average molecular weight is 365 g/mol. The van der Waals surface area contributed by atoms with E-state index in [1.54, 1.807) is 0 Å². The number of halogens is 1. The van der Waals surface area contributed by atoms with Crippen LogP contribution in [0.5, 0.6) is 0 Å². The van der Waals surface area contributed by atoms with E-state index in [4.69, 9.17) is 0 Å². The first-order valence-electron chi connectivity index (χ1n) is 6.28. The van der Waals surface area contributed by atoms with Crippen molar-refractivity contribution in [3.8, 4) is 0 Å². The highest BCUT2D eigenvalue weighted by Gasteiger charge is 2.12. The second-order valence-corrected chi connectivity index (χ2v) is 5.56. The molecule has 1 amide bonds. The Morgan fingerprint density at radius 2 is 1.89 bits per heavy atom. The average Bonchev–Trinajstić information content (AvgIpc) is 2.41. The fraction of sp³-hybridized carbons (Fsp3) is 0.188. The molecule has 0 saturated carbocycles. The maximum atomic E-state index is 12.3. The van der Waals surface area contributed by atoms with E-state index in [0.717, 1.165) is 21.2 Å². The zero-order chi connectivity index (χ0) is 13.8. The van der Waals surface area contributed by atoms with E-state index in [-0.39, 0.29) is 5.91 Å². The third kappa shape index (κ3) is 3.15. The van der Waals surface area contributed by atoms with Crippen LogP contribution in [0.2, 0.25) is 0 Å². The van der Waals surface area contributed by atoms with Gasteiger partial charge in [-0.2, -0.15) is 0 Å². The van der Waals surface area contributed by atoms with Gasteiger partial charge in [-0.15, -0.1) is 0 Å². The number of anilines is 1. The molecule has 1 N–H and O–H groups in total. The predicted octanol–water partition coefficient (Wildman–Crippen LogP) is 4.41. The summed E-state index contributed by atoms with van der Waals surface area (Å²) in [4.78, 5) is 12.3. The fourth-order valence-electron chi connectivity index (χ4n) is 2.03. The topological polar surface area (TPSA) is 29.1 Å². The molecule has 0 heterocycles. The molecule has 0 fully saturated rings. The second kappa shape index (κ2) is 6.19. The Labute approximate surface area is 127 Å². The van der Waals surface area contributed by atoms with Crippen LogP contribution < -0.4 is 5.32 Å². The highest BCUT2D eigenvalue weighted by atomic mass is 127. The zero-order valence-corrected chi connectivity index (χ0v) is 13.2. The van der Waals surface area contributed by atoms with Crippen LogP contribution >= 0.6 is 22.6 Å². The lowest BCUT2D eigenvalue weighted by atomic mass is 10.1. The van der Waals surface area contributed by atoms with Crippen LogP contribution in [0.25, 0.3) is 0 Å². The van der Waals surface area contributed by atoms with Crippen LogP contribution in [-0.4, -0.2) is 5.91 Å². The Balaban J connectivity index is 2.32. The minimum Gasteiger partial charge on any atom is -0.321 e. The lowest BCUT2D eigenvalue weighted by molar-refractivity contribution is 0.102.